The van der Waals surface area contributed by atoms with Gasteiger partial charge in [-0.3, -0.25) is 4.55 Å². The van der Waals surface area contributed by atoms with Crippen LogP contribution < -0.4 is 0 Å². The Bertz CT molecular complexity index is 812. The molecule has 0 amide bonds. The third-order valence-electron chi connectivity index (χ3n) is 4.44. The lowest BCUT2D eigenvalue weighted by molar-refractivity contribution is 0.0132. The molecular formula is C23H34O7S. The van der Waals surface area contributed by atoms with Crippen molar-refractivity contribution in [3.63, 3.8) is 0 Å². The lowest BCUT2D eigenvalue weighted by Gasteiger charge is -2.23. The summed E-state index contributed by atoms with van der Waals surface area (Å²) in [5.74, 6) is -0.861. The maximum atomic E-state index is 10.4. The second kappa shape index (κ2) is 15.5. The highest BCUT2D eigenvalue weighted by Gasteiger charge is 2.20. The van der Waals surface area contributed by atoms with E-state index in [9.17, 15) is 23.4 Å². The number of hydrogen-bond donors (Lipinski definition) is 4. The van der Waals surface area contributed by atoms with Gasteiger partial charge in [0.05, 0.1) is 22.7 Å². The molecule has 2 aromatic carbocycles. The molecule has 0 aliphatic rings. The van der Waals surface area contributed by atoms with E-state index in [4.69, 9.17) is 9.66 Å². The molecular weight excluding hydrogens is 420 g/mol. The quantitative estimate of drug-likeness (QED) is 0.438. The molecule has 2 unspecified atom stereocenters. The Kier molecular flexibility index (Phi) is 14.4. The summed E-state index contributed by atoms with van der Waals surface area (Å²) in [5.41, 5.74) is 0.331. The fourth-order valence-electron chi connectivity index (χ4n) is 2.55. The Hall–Kier alpha value is -2.26. The zero-order valence-corrected chi connectivity index (χ0v) is 19.1. The topological polar surface area (TPSA) is 132 Å². The minimum absolute atomic E-state index is 0.0184. The zero-order valence-electron chi connectivity index (χ0n) is 18.3. The molecule has 0 aromatic heterocycles. The average molecular weight is 455 g/mol. The predicted molar refractivity (Wildman–Crippen MR) is 121 cm³/mol. The first kappa shape index (κ1) is 28.7. The van der Waals surface area contributed by atoms with Gasteiger partial charge in [-0.05, 0) is 37.1 Å². The fourth-order valence-corrected chi connectivity index (χ4v) is 3.05. The van der Waals surface area contributed by atoms with Gasteiger partial charge in [0.15, 0.2) is 0 Å². The van der Waals surface area contributed by atoms with Gasteiger partial charge in [0.2, 0.25) is 0 Å². The number of hydrogen-bond acceptors (Lipinski definition) is 5. The first-order valence-corrected chi connectivity index (χ1v) is 11.7. The molecule has 0 saturated carbocycles. The van der Waals surface area contributed by atoms with E-state index in [-0.39, 0.29) is 23.0 Å². The van der Waals surface area contributed by atoms with E-state index in [0.717, 1.165) is 25.7 Å². The standard InChI is InChI=1S/C10H22O2.C7H6O2.C6H6O3S/c1-4-6-9(11)8(3)10(12)7-5-2;8-7(9)6-4-2-1-3-5-6;7-10(8,9)6-4-2-1-3-5-6/h8-12H,4-7H2,1-3H3;1-5H,(H,8,9);1-5H,(H,7,8,9). The van der Waals surface area contributed by atoms with Crippen LogP contribution in [0, 0.1) is 5.92 Å². The smallest absolute Gasteiger partial charge is 0.335 e. The van der Waals surface area contributed by atoms with Gasteiger partial charge in [-0.25, -0.2) is 4.79 Å². The molecule has 2 atom stereocenters. The largest absolute Gasteiger partial charge is 0.478 e. The highest BCUT2D eigenvalue weighted by atomic mass is 32.2. The summed E-state index contributed by atoms with van der Waals surface area (Å²) >= 11 is 0. The van der Waals surface area contributed by atoms with Gasteiger partial charge in [0.25, 0.3) is 10.1 Å². The van der Waals surface area contributed by atoms with Crippen LogP contribution in [-0.4, -0.2) is 46.5 Å². The third-order valence-corrected chi connectivity index (χ3v) is 5.31. The van der Waals surface area contributed by atoms with E-state index >= 15 is 0 Å². The van der Waals surface area contributed by atoms with Crippen LogP contribution in [0.25, 0.3) is 0 Å². The number of aromatic carboxylic acids is 1. The first-order valence-electron chi connectivity index (χ1n) is 10.2. The van der Waals surface area contributed by atoms with E-state index in [1.807, 2.05) is 20.8 Å². The number of carboxylic acids is 1. The van der Waals surface area contributed by atoms with E-state index in [1.54, 1.807) is 48.5 Å². The van der Waals surface area contributed by atoms with E-state index in [0.29, 0.717) is 5.56 Å². The van der Waals surface area contributed by atoms with E-state index in [1.165, 1.54) is 12.1 Å². The van der Waals surface area contributed by atoms with Crippen molar-refractivity contribution in [2.75, 3.05) is 0 Å². The highest BCUT2D eigenvalue weighted by Crippen LogP contribution is 2.16. The number of rotatable bonds is 8. The van der Waals surface area contributed by atoms with Crippen molar-refractivity contribution in [2.45, 2.75) is 63.6 Å². The lowest BCUT2D eigenvalue weighted by Crippen LogP contribution is -2.29. The summed E-state index contributed by atoms with van der Waals surface area (Å²) in [6.45, 7) is 6.00. The third kappa shape index (κ3) is 12.9. The molecule has 2 rings (SSSR count). The predicted octanol–water partition coefficient (Wildman–Crippen LogP) is 4.26. The minimum atomic E-state index is -4.00. The summed E-state index contributed by atoms with van der Waals surface area (Å²) in [6, 6.07) is 15.7. The summed E-state index contributed by atoms with van der Waals surface area (Å²) in [7, 11) is -4.00. The molecule has 0 radical (unpaired) electrons. The normalized spacial score (nSPS) is 13.5. The number of carboxylic acid groups (broad SMARTS) is 1. The van der Waals surface area contributed by atoms with Crippen molar-refractivity contribution in [3.05, 3.63) is 66.2 Å². The molecule has 0 bridgehead atoms. The van der Waals surface area contributed by atoms with Gasteiger partial charge in [0, 0.05) is 5.92 Å². The van der Waals surface area contributed by atoms with Gasteiger partial charge < -0.3 is 15.3 Å². The van der Waals surface area contributed by atoms with Crippen molar-refractivity contribution in [1.82, 2.24) is 0 Å². The summed E-state index contributed by atoms with van der Waals surface area (Å²) < 4.78 is 29.2. The van der Waals surface area contributed by atoms with E-state index < -0.39 is 16.1 Å². The molecule has 31 heavy (non-hydrogen) atoms. The maximum Gasteiger partial charge on any atom is 0.335 e. The zero-order chi connectivity index (χ0) is 23.9. The van der Waals surface area contributed by atoms with Crippen LogP contribution in [0.3, 0.4) is 0 Å². The van der Waals surface area contributed by atoms with Crippen molar-refractivity contribution < 1.29 is 33.1 Å². The monoisotopic (exact) mass is 454 g/mol. The molecule has 0 heterocycles. The number of carbonyl (C=O) groups is 1. The molecule has 0 fully saturated rings. The second-order valence-corrected chi connectivity index (χ2v) is 8.45. The van der Waals surface area contributed by atoms with Gasteiger partial charge in [0.1, 0.15) is 0 Å². The number of benzene rings is 2. The number of aliphatic hydroxyl groups is 2. The van der Waals surface area contributed by atoms with Gasteiger partial charge in [-0.1, -0.05) is 70.0 Å². The first-order chi connectivity index (χ1) is 14.5. The Morgan fingerprint density at radius 2 is 1.23 bits per heavy atom. The van der Waals surface area contributed by atoms with Crippen LogP contribution in [0.1, 0.15) is 56.8 Å². The molecule has 4 N–H and O–H groups in total. The maximum absolute atomic E-state index is 10.4. The molecule has 0 aliphatic carbocycles. The second-order valence-electron chi connectivity index (χ2n) is 7.03. The van der Waals surface area contributed by atoms with Crippen LogP contribution >= 0.6 is 0 Å². The Morgan fingerprint density at radius 3 is 1.48 bits per heavy atom. The van der Waals surface area contributed by atoms with Crippen LogP contribution in [0.5, 0.6) is 0 Å². The number of aliphatic hydroxyl groups excluding tert-OH is 2. The molecule has 7 nitrogen and oxygen atoms in total. The Balaban J connectivity index is 0.000000439. The SMILES string of the molecule is CCCC(O)C(C)C(O)CCC.O=C(O)c1ccccc1.O=S(=O)(O)c1ccccc1. The van der Waals surface area contributed by atoms with Crippen molar-refractivity contribution in [2.24, 2.45) is 5.92 Å². The van der Waals surface area contributed by atoms with Crippen LogP contribution in [0.4, 0.5) is 0 Å². The molecule has 8 heteroatoms. The molecule has 0 spiro atoms. The average Bonchev–Trinajstić information content (AvgIpc) is 2.75. The molecule has 174 valence electrons. The van der Waals surface area contributed by atoms with Gasteiger partial charge in [-0.15, -0.1) is 0 Å². The van der Waals surface area contributed by atoms with Gasteiger partial charge in [-0.2, -0.15) is 8.42 Å². The summed E-state index contributed by atoms with van der Waals surface area (Å²) in [6.07, 6.45) is 2.87. The van der Waals surface area contributed by atoms with Crippen LogP contribution in [-0.2, 0) is 10.1 Å². The van der Waals surface area contributed by atoms with E-state index in [2.05, 4.69) is 0 Å². The minimum Gasteiger partial charge on any atom is -0.478 e. The fraction of sp³-hybridized carbons (Fsp3) is 0.435. The Labute approximate surface area is 185 Å². The molecule has 2 aromatic rings. The summed E-state index contributed by atoms with van der Waals surface area (Å²) in [4.78, 5) is 10.1. The van der Waals surface area contributed by atoms with Crippen molar-refractivity contribution in [1.29, 1.82) is 0 Å². The van der Waals surface area contributed by atoms with Crippen LogP contribution in [0.2, 0.25) is 0 Å². The molecule has 0 saturated heterocycles. The van der Waals surface area contributed by atoms with Crippen LogP contribution in [0.15, 0.2) is 65.6 Å². The highest BCUT2D eigenvalue weighted by molar-refractivity contribution is 7.85. The van der Waals surface area contributed by atoms with Gasteiger partial charge >= 0.3 is 5.97 Å². The summed E-state index contributed by atoms with van der Waals surface area (Å²) in [5, 5.41) is 27.5. The lowest BCUT2D eigenvalue weighted by atomic mass is 9.92. The van der Waals surface area contributed by atoms with Crippen molar-refractivity contribution >= 4 is 16.1 Å². The van der Waals surface area contributed by atoms with Crippen molar-refractivity contribution in [3.8, 4) is 0 Å². The Morgan fingerprint density at radius 1 is 0.839 bits per heavy atom. The molecule has 0 aliphatic heterocycles.